The smallest absolute Gasteiger partial charge is 0.305 e. The van der Waals surface area contributed by atoms with Crippen molar-refractivity contribution >= 4 is 11.9 Å². The highest BCUT2D eigenvalue weighted by molar-refractivity contribution is 5.76. The lowest BCUT2D eigenvalue weighted by Gasteiger charge is -2.22. The van der Waals surface area contributed by atoms with E-state index in [1.165, 1.54) is 193 Å². The van der Waals surface area contributed by atoms with Crippen LogP contribution in [0.5, 0.6) is 0 Å². The summed E-state index contributed by atoms with van der Waals surface area (Å²) in [5, 5.41) is 23.2. The highest BCUT2D eigenvalue weighted by Crippen LogP contribution is 2.16. The molecule has 0 bridgehead atoms. The van der Waals surface area contributed by atoms with Gasteiger partial charge in [0.05, 0.1) is 25.4 Å². The van der Waals surface area contributed by atoms with Gasteiger partial charge in [-0.1, -0.05) is 231 Å². The molecule has 3 N–H and O–H groups in total. The standard InChI is InChI=1S/C52H101NO5/c1-3-5-7-9-11-13-15-17-19-20-21-24-28-32-36-40-44-50(55)49(48-54)53-51(56)45-41-37-33-29-25-23-27-31-35-39-43-47-58-52(57)46-42-38-34-30-26-22-18-16-14-12-10-8-6-4-2/h16,18,49-50,54-55H,3-15,17,19-48H2,1-2H3,(H,53,56)/b18-16-. The van der Waals surface area contributed by atoms with E-state index in [1.54, 1.807) is 0 Å². The Balaban J connectivity index is 3.47. The molecular weight excluding hydrogens is 719 g/mol. The van der Waals surface area contributed by atoms with Gasteiger partial charge in [-0.05, 0) is 51.4 Å². The summed E-state index contributed by atoms with van der Waals surface area (Å²) in [4.78, 5) is 24.5. The summed E-state index contributed by atoms with van der Waals surface area (Å²) < 4.78 is 5.45. The van der Waals surface area contributed by atoms with Gasteiger partial charge in [0.25, 0.3) is 0 Å². The molecule has 344 valence electrons. The molecule has 2 atom stereocenters. The molecule has 0 radical (unpaired) electrons. The van der Waals surface area contributed by atoms with Crippen molar-refractivity contribution in [3.05, 3.63) is 12.2 Å². The van der Waals surface area contributed by atoms with E-state index >= 15 is 0 Å². The van der Waals surface area contributed by atoms with E-state index < -0.39 is 12.1 Å². The summed E-state index contributed by atoms with van der Waals surface area (Å²) in [5.74, 6) is -0.0744. The van der Waals surface area contributed by atoms with Gasteiger partial charge in [-0.3, -0.25) is 9.59 Å². The van der Waals surface area contributed by atoms with Gasteiger partial charge in [0.1, 0.15) is 0 Å². The van der Waals surface area contributed by atoms with Crippen molar-refractivity contribution in [1.82, 2.24) is 5.32 Å². The van der Waals surface area contributed by atoms with Crippen LogP contribution in [0.1, 0.15) is 284 Å². The number of unbranched alkanes of at least 4 members (excludes halogenated alkanes) is 35. The summed E-state index contributed by atoms with van der Waals surface area (Å²) in [5.41, 5.74) is 0. The molecule has 6 nitrogen and oxygen atoms in total. The molecule has 0 saturated heterocycles. The Hall–Kier alpha value is -1.40. The third kappa shape index (κ3) is 44.2. The Kier molecular flexibility index (Phi) is 47.1. The second kappa shape index (κ2) is 48.3. The van der Waals surface area contributed by atoms with Gasteiger partial charge in [0.2, 0.25) is 5.91 Å². The number of hydrogen-bond acceptors (Lipinski definition) is 5. The van der Waals surface area contributed by atoms with Crippen molar-refractivity contribution in [2.75, 3.05) is 13.2 Å². The van der Waals surface area contributed by atoms with Crippen molar-refractivity contribution in [2.45, 2.75) is 296 Å². The number of aliphatic hydroxyl groups is 2. The zero-order chi connectivity index (χ0) is 42.3. The molecule has 0 rings (SSSR count). The van der Waals surface area contributed by atoms with E-state index in [0.717, 1.165) is 57.8 Å². The van der Waals surface area contributed by atoms with Crippen LogP contribution in [0.15, 0.2) is 12.2 Å². The normalized spacial score (nSPS) is 12.7. The van der Waals surface area contributed by atoms with E-state index in [4.69, 9.17) is 4.74 Å². The van der Waals surface area contributed by atoms with Crippen LogP contribution in [0.4, 0.5) is 0 Å². The van der Waals surface area contributed by atoms with E-state index in [9.17, 15) is 19.8 Å². The average molecular weight is 820 g/mol. The lowest BCUT2D eigenvalue weighted by molar-refractivity contribution is -0.143. The third-order valence-corrected chi connectivity index (χ3v) is 12.1. The first-order valence-corrected chi connectivity index (χ1v) is 25.9. The monoisotopic (exact) mass is 820 g/mol. The van der Waals surface area contributed by atoms with Crippen molar-refractivity contribution in [1.29, 1.82) is 0 Å². The van der Waals surface area contributed by atoms with Crippen LogP contribution < -0.4 is 5.32 Å². The van der Waals surface area contributed by atoms with Gasteiger partial charge in [-0.2, -0.15) is 0 Å². The zero-order valence-corrected chi connectivity index (χ0v) is 39.0. The molecular formula is C52H101NO5. The predicted octanol–water partition coefficient (Wildman–Crippen LogP) is 15.3. The van der Waals surface area contributed by atoms with Crippen LogP contribution in [0.3, 0.4) is 0 Å². The molecule has 0 spiro atoms. The SMILES string of the molecule is CCCCCCC/C=C\CCCCCCCC(=O)OCCCCCCCCCCCCCC(=O)NC(CO)C(O)CCCCCCCCCCCCCCCCCC. The third-order valence-electron chi connectivity index (χ3n) is 12.1. The van der Waals surface area contributed by atoms with Crippen molar-refractivity contribution in [2.24, 2.45) is 0 Å². The summed E-state index contributed by atoms with van der Waals surface area (Å²) in [6.07, 6.45) is 54.6. The molecule has 0 aliphatic rings. The van der Waals surface area contributed by atoms with Gasteiger partial charge in [-0.25, -0.2) is 0 Å². The molecule has 1 amide bonds. The molecule has 0 aliphatic carbocycles. The largest absolute Gasteiger partial charge is 0.466 e. The number of carbonyl (C=O) groups is 2. The second-order valence-electron chi connectivity index (χ2n) is 17.9. The average Bonchev–Trinajstić information content (AvgIpc) is 3.22. The molecule has 0 aromatic carbocycles. The Morgan fingerprint density at radius 1 is 0.466 bits per heavy atom. The fourth-order valence-electron chi connectivity index (χ4n) is 8.05. The molecule has 58 heavy (non-hydrogen) atoms. The Morgan fingerprint density at radius 3 is 1.22 bits per heavy atom. The maximum atomic E-state index is 12.4. The molecule has 2 unspecified atom stereocenters. The van der Waals surface area contributed by atoms with Gasteiger partial charge in [0, 0.05) is 12.8 Å². The highest BCUT2D eigenvalue weighted by atomic mass is 16.5. The fraction of sp³-hybridized carbons (Fsp3) is 0.923. The van der Waals surface area contributed by atoms with Gasteiger partial charge in [-0.15, -0.1) is 0 Å². The fourth-order valence-corrected chi connectivity index (χ4v) is 8.05. The van der Waals surface area contributed by atoms with Crippen LogP contribution in [0, 0.1) is 0 Å². The molecule has 0 aromatic heterocycles. The highest BCUT2D eigenvalue weighted by Gasteiger charge is 2.20. The minimum Gasteiger partial charge on any atom is -0.466 e. The van der Waals surface area contributed by atoms with Crippen LogP contribution in [-0.4, -0.2) is 47.4 Å². The lowest BCUT2D eigenvalue weighted by Crippen LogP contribution is -2.45. The van der Waals surface area contributed by atoms with Crippen molar-refractivity contribution in [3.8, 4) is 0 Å². The van der Waals surface area contributed by atoms with Crippen molar-refractivity contribution < 1.29 is 24.5 Å². The molecule has 0 fully saturated rings. The van der Waals surface area contributed by atoms with Crippen molar-refractivity contribution in [3.63, 3.8) is 0 Å². The number of rotatable bonds is 48. The van der Waals surface area contributed by atoms with Crippen LogP contribution in [0.25, 0.3) is 0 Å². The topological polar surface area (TPSA) is 95.9 Å². The minimum absolute atomic E-state index is 0.0217. The van der Waals surface area contributed by atoms with E-state index in [2.05, 4.69) is 31.3 Å². The van der Waals surface area contributed by atoms with E-state index in [1.807, 2.05) is 0 Å². The van der Waals surface area contributed by atoms with Gasteiger partial charge in [0.15, 0.2) is 0 Å². The molecule has 0 aliphatic heterocycles. The number of aliphatic hydroxyl groups excluding tert-OH is 2. The molecule has 0 saturated carbocycles. The maximum Gasteiger partial charge on any atom is 0.305 e. The number of allylic oxidation sites excluding steroid dienone is 2. The lowest BCUT2D eigenvalue weighted by atomic mass is 10.0. The Labute approximate surface area is 361 Å². The molecule has 0 aromatic rings. The second-order valence-corrected chi connectivity index (χ2v) is 17.9. The number of esters is 1. The quantitative estimate of drug-likeness (QED) is 0.0323. The van der Waals surface area contributed by atoms with Crippen LogP contribution in [-0.2, 0) is 14.3 Å². The van der Waals surface area contributed by atoms with Crippen LogP contribution in [0.2, 0.25) is 0 Å². The zero-order valence-electron chi connectivity index (χ0n) is 39.0. The van der Waals surface area contributed by atoms with Gasteiger partial charge >= 0.3 is 5.97 Å². The van der Waals surface area contributed by atoms with E-state index in [0.29, 0.717) is 25.9 Å². The van der Waals surface area contributed by atoms with E-state index in [-0.39, 0.29) is 18.5 Å². The number of nitrogens with one attached hydrogen (secondary N) is 1. The number of carbonyl (C=O) groups excluding carboxylic acids is 2. The Bertz CT molecular complexity index is 863. The number of ether oxygens (including phenoxy) is 1. The van der Waals surface area contributed by atoms with Gasteiger partial charge < -0.3 is 20.3 Å². The number of hydrogen-bond donors (Lipinski definition) is 3. The molecule has 6 heteroatoms. The number of amides is 1. The summed E-state index contributed by atoms with van der Waals surface area (Å²) in [7, 11) is 0. The van der Waals surface area contributed by atoms with Crippen LogP contribution >= 0.6 is 0 Å². The molecule has 0 heterocycles. The first-order valence-electron chi connectivity index (χ1n) is 25.9. The summed E-state index contributed by atoms with van der Waals surface area (Å²) >= 11 is 0. The summed E-state index contributed by atoms with van der Waals surface area (Å²) in [6.45, 7) is 4.91. The maximum absolute atomic E-state index is 12.4. The Morgan fingerprint density at radius 2 is 0.810 bits per heavy atom. The first kappa shape index (κ1) is 56.6. The summed E-state index contributed by atoms with van der Waals surface area (Å²) in [6, 6.07) is -0.555. The minimum atomic E-state index is -0.676. The first-order chi connectivity index (χ1) is 28.5. The predicted molar refractivity (Wildman–Crippen MR) is 250 cm³/mol.